The van der Waals surface area contributed by atoms with E-state index in [0.29, 0.717) is 18.6 Å². The number of rotatable bonds is 6. The first-order chi connectivity index (χ1) is 9.76. The zero-order valence-corrected chi connectivity index (χ0v) is 13.9. The molecule has 1 aromatic carbocycles. The molecule has 1 fully saturated rings. The molecule has 1 aromatic rings. The van der Waals surface area contributed by atoms with Crippen molar-refractivity contribution >= 4 is 15.9 Å². The summed E-state index contributed by atoms with van der Waals surface area (Å²) in [5.74, 6) is 1.49. The summed E-state index contributed by atoms with van der Waals surface area (Å²) in [5, 5.41) is 3.61. The topological polar surface area (TPSA) is 30.5 Å². The molecule has 0 spiro atoms. The highest BCUT2D eigenvalue weighted by Gasteiger charge is 2.27. The molecule has 1 aliphatic heterocycles. The second kappa shape index (κ2) is 8.01. The van der Waals surface area contributed by atoms with Crippen molar-refractivity contribution in [2.45, 2.75) is 32.7 Å². The van der Waals surface area contributed by atoms with Crippen molar-refractivity contribution in [3.8, 4) is 5.75 Å². The van der Waals surface area contributed by atoms with Crippen LogP contribution in [-0.4, -0.2) is 26.4 Å². The first-order valence-corrected chi connectivity index (χ1v) is 8.29. The standard InChI is InChI=1S/C16H24BrNO2/c1-3-18-16(12-6-5-9-19-11-12)14-10-13(17)7-8-15(14)20-4-2/h7-8,10,12,16,18H,3-6,9,11H2,1-2H3. The van der Waals surface area contributed by atoms with Gasteiger partial charge in [-0.05, 0) is 44.5 Å². The van der Waals surface area contributed by atoms with Crippen LogP contribution in [0.4, 0.5) is 0 Å². The fourth-order valence-corrected chi connectivity index (χ4v) is 3.21. The summed E-state index contributed by atoms with van der Waals surface area (Å²) >= 11 is 3.58. The third-order valence-corrected chi connectivity index (χ3v) is 4.19. The van der Waals surface area contributed by atoms with Crippen molar-refractivity contribution in [3.63, 3.8) is 0 Å². The van der Waals surface area contributed by atoms with Gasteiger partial charge >= 0.3 is 0 Å². The molecule has 0 amide bonds. The molecule has 2 atom stereocenters. The highest BCUT2D eigenvalue weighted by Crippen LogP contribution is 2.35. The Balaban J connectivity index is 2.28. The Morgan fingerprint density at radius 3 is 2.95 bits per heavy atom. The van der Waals surface area contributed by atoms with Crippen LogP contribution in [0.1, 0.15) is 38.3 Å². The van der Waals surface area contributed by atoms with E-state index in [-0.39, 0.29) is 0 Å². The van der Waals surface area contributed by atoms with Crippen LogP contribution in [0.5, 0.6) is 5.75 Å². The molecule has 0 aliphatic carbocycles. The van der Waals surface area contributed by atoms with Crippen molar-refractivity contribution in [1.82, 2.24) is 5.32 Å². The van der Waals surface area contributed by atoms with Crippen LogP contribution in [0.25, 0.3) is 0 Å². The summed E-state index contributed by atoms with van der Waals surface area (Å²) < 4.78 is 12.6. The van der Waals surface area contributed by atoms with Crippen LogP contribution in [0.2, 0.25) is 0 Å². The average Bonchev–Trinajstić information content (AvgIpc) is 2.48. The zero-order valence-electron chi connectivity index (χ0n) is 12.3. The highest BCUT2D eigenvalue weighted by molar-refractivity contribution is 9.10. The smallest absolute Gasteiger partial charge is 0.124 e. The maximum atomic E-state index is 5.81. The number of benzene rings is 1. The summed E-state index contributed by atoms with van der Waals surface area (Å²) in [4.78, 5) is 0. The Bertz CT molecular complexity index is 419. The monoisotopic (exact) mass is 341 g/mol. The molecule has 1 N–H and O–H groups in total. The lowest BCUT2D eigenvalue weighted by atomic mass is 9.88. The Labute approximate surface area is 130 Å². The van der Waals surface area contributed by atoms with Crippen molar-refractivity contribution < 1.29 is 9.47 Å². The molecular weight excluding hydrogens is 318 g/mol. The molecule has 0 radical (unpaired) electrons. The van der Waals surface area contributed by atoms with E-state index in [1.807, 2.05) is 13.0 Å². The second-order valence-electron chi connectivity index (χ2n) is 5.13. The lowest BCUT2D eigenvalue weighted by molar-refractivity contribution is 0.0388. The van der Waals surface area contributed by atoms with Crippen molar-refractivity contribution in [3.05, 3.63) is 28.2 Å². The van der Waals surface area contributed by atoms with Gasteiger partial charge in [-0.25, -0.2) is 0 Å². The van der Waals surface area contributed by atoms with Crippen LogP contribution < -0.4 is 10.1 Å². The minimum Gasteiger partial charge on any atom is -0.494 e. The quantitative estimate of drug-likeness (QED) is 0.850. The van der Waals surface area contributed by atoms with Gasteiger partial charge in [0.15, 0.2) is 0 Å². The van der Waals surface area contributed by atoms with Crippen LogP contribution in [0.3, 0.4) is 0 Å². The predicted octanol–water partition coefficient (Wildman–Crippen LogP) is 3.93. The largest absolute Gasteiger partial charge is 0.494 e. The Morgan fingerprint density at radius 2 is 2.30 bits per heavy atom. The lowest BCUT2D eigenvalue weighted by Crippen LogP contribution is -2.33. The molecule has 112 valence electrons. The van der Waals surface area contributed by atoms with Gasteiger partial charge in [-0.2, -0.15) is 0 Å². The van der Waals surface area contributed by atoms with Crippen molar-refractivity contribution in [1.29, 1.82) is 0 Å². The van der Waals surface area contributed by atoms with E-state index in [9.17, 15) is 0 Å². The molecule has 1 saturated heterocycles. The summed E-state index contributed by atoms with van der Waals surface area (Å²) in [6.45, 7) is 7.53. The fraction of sp³-hybridized carbons (Fsp3) is 0.625. The van der Waals surface area contributed by atoms with Crippen molar-refractivity contribution in [2.24, 2.45) is 5.92 Å². The summed E-state index contributed by atoms with van der Waals surface area (Å²) in [7, 11) is 0. The minimum atomic E-state index is 0.291. The van der Waals surface area contributed by atoms with E-state index in [1.54, 1.807) is 0 Å². The van der Waals surface area contributed by atoms with Gasteiger partial charge in [-0.1, -0.05) is 22.9 Å². The van der Waals surface area contributed by atoms with Gasteiger partial charge in [-0.15, -0.1) is 0 Å². The van der Waals surface area contributed by atoms with E-state index in [2.05, 4.69) is 40.3 Å². The van der Waals surface area contributed by atoms with Crippen molar-refractivity contribution in [2.75, 3.05) is 26.4 Å². The molecule has 2 rings (SSSR count). The zero-order chi connectivity index (χ0) is 14.4. The third kappa shape index (κ3) is 3.96. The van der Waals surface area contributed by atoms with Gasteiger partial charge in [0.05, 0.1) is 13.2 Å². The molecular formula is C16H24BrNO2. The minimum absolute atomic E-state index is 0.291. The van der Waals surface area contributed by atoms with E-state index < -0.39 is 0 Å². The third-order valence-electron chi connectivity index (χ3n) is 3.70. The number of ether oxygens (including phenoxy) is 2. The normalized spacial score (nSPS) is 20.6. The molecule has 0 aromatic heterocycles. The number of hydrogen-bond donors (Lipinski definition) is 1. The predicted molar refractivity (Wildman–Crippen MR) is 85.3 cm³/mol. The van der Waals surface area contributed by atoms with Gasteiger partial charge in [0.2, 0.25) is 0 Å². The average molecular weight is 342 g/mol. The summed E-state index contributed by atoms with van der Waals surface area (Å²) in [5.41, 5.74) is 1.23. The number of hydrogen-bond acceptors (Lipinski definition) is 3. The molecule has 0 saturated carbocycles. The maximum absolute atomic E-state index is 5.81. The SMILES string of the molecule is CCNC(c1cc(Br)ccc1OCC)C1CCCOC1. The first-order valence-electron chi connectivity index (χ1n) is 7.49. The van der Waals surface area contributed by atoms with Crippen LogP contribution in [0.15, 0.2) is 22.7 Å². The van der Waals surface area contributed by atoms with Gasteiger partial charge in [0.25, 0.3) is 0 Å². The van der Waals surface area contributed by atoms with Crippen LogP contribution in [0, 0.1) is 5.92 Å². The van der Waals surface area contributed by atoms with E-state index >= 15 is 0 Å². The molecule has 1 heterocycles. The lowest BCUT2D eigenvalue weighted by Gasteiger charge is -2.32. The molecule has 3 nitrogen and oxygen atoms in total. The maximum Gasteiger partial charge on any atom is 0.124 e. The van der Waals surface area contributed by atoms with Crippen LogP contribution in [-0.2, 0) is 4.74 Å². The second-order valence-corrected chi connectivity index (χ2v) is 6.04. The van der Waals surface area contributed by atoms with E-state index in [4.69, 9.17) is 9.47 Å². The fourth-order valence-electron chi connectivity index (χ4n) is 2.83. The number of nitrogens with one attached hydrogen (secondary N) is 1. The molecule has 0 bridgehead atoms. The molecule has 4 heteroatoms. The highest BCUT2D eigenvalue weighted by atomic mass is 79.9. The van der Waals surface area contributed by atoms with E-state index in [1.165, 1.54) is 12.0 Å². The van der Waals surface area contributed by atoms with Gasteiger partial charge < -0.3 is 14.8 Å². The molecule has 20 heavy (non-hydrogen) atoms. The van der Waals surface area contributed by atoms with Crippen LogP contribution >= 0.6 is 15.9 Å². The Morgan fingerprint density at radius 1 is 1.45 bits per heavy atom. The Kier molecular flexibility index (Phi) is 6.33. The Hall–Kier alpha value is -0.580. The van der Waals surface area contributed by atoms with Gasteiger partial charge in [0, 0.05) is 28.6 Å². The molecule has 1 aliphatic rings. The van der Waals surface area contributed by atoms with E-state index in [0.717, 1.165) is 36.4 Å². The number of halogens is 1. The molecule has 2 unspecified atom stereocenters. The first kappa shape index (κ1) is 15.8. The summed E-state index contributed by atoms with van der Waals surface area (Å²) in [6.07, 6.45) is 2.35. The summed E-state index contributed by atoms with van der Waals surface area (Å²) in [6, 6.07) is 6.55. The van der Waals surface area contributed by atoms with Gasteiger partial charge in [-0.3, -0.25) is 0 Å². The van der Waals surface area contributed by atoms with Gasteiger partial charge in [0.1, 0.15) is 5.75 Å².